The smallest absolute Gasteiger partial charge is 0.317 e. The van der Waals surface area contributed by atoms with Crippen LogP contribution < -0.4 is 5.73 Å². The van der Waals surface area contributed by atoms with Gasteiger partial charge in [0, 0.05) is 4.47 Å². The number of hydrogen-bond donors (Lipinski definition) is 3. The van der Waals surface area contributed by atoms with E-state index in [4.69, 9.17) is 10.2 Å². The molecule has 0 aliphatic rings. The number of aromatic hydroxyl groups is 1. The van der Waals surface area contributed by atoms with Crippen LogP contribution in [0.2, 0.25) is 0 Å². The first-order valence-electron chi connectivity index (χ1n) is 3.86. The molecule has 6 heteroatoms. The first-order chi connectivity index (χ1) is 7.01. The minimum Gasteiger partial charge on any atom is -0.507 e. The molecule has 15 heavy (non-hydrogen) atoms. The van der Waals surface area contributed by atoms with Gasteiger partial charge >= 0.3 is 5.97 Å². The van der Waals surface area contributed by atoms with Gasteiger partial charge in [0.2, 0.25) is 0 Å². The highest BCUT2D eigenvalue weighted by Crippen LogP contribution is 2.19. The van der Waals surface area contributed by atoms with E-state index in [1.807, 2.05) is 0 Å². The van der Waals surface area contributed by atoms with Gasteiger partial charge in [0.15, 0.2) is 6.29 Å². The van der Waals surface area contributed by atoms with E-state index in [1.54, 1.807) is 12.1 Å². The lowest BCUT2D eigenvalue weighted by Crippen LogP contribution is -2.10. The Bertz CT molecular complexity index is 354. The minimum atomic E-state index is -0.968. The summed E-state index contributed by atoms with van der Waals surface area (Å²) in [6.07, 6.45) is 0.611. The van der Waals surface area contributed by atoms with Crippen molar-refractivity contribution < 1.29 is 19.8 Å². The van der Waals surface area contributed by atoms with Crippen LogP contribution in [0.4, 0.5) is 0 Å². The largest absolute Gasteiger partial charge is 0.507 e. The van der Waals surface area contributed by atoms with Crippen molar-refractivity contribution in [2.75, 3.05) is 6.54 Å². The van der Waals surface area contributed by atoms with Crippen LogP contribution in [0.3, 0.4) is 0 Å². The second-order valence-corrected chi connectivity index (χ2v) is 3.33. The Labute approximate surface area is 94.7 Å². The highest BCUT2D eigenvalue weighted by Gasteiger charge is 1.97. The normalized spacial score (nSPS) is 8.67. The number of carbonyl (C=O) groups excluding carboxylic acids is 1. The molecule has 82 valence electrons. The van der Waals surface area contributed by atoms with Crippen LogP contribution in [-0.2, 0) is 4.79 Å². The van der Waals surface area contributed by atoms with Crippen molar-refractivity contribution >= 4 is 28.2 Å². The molecule has 0 amide bonds. The summed E-state index contributed by atoms with van der Waals surface area (Å²) in [7, 11) is 0. The van der Waals surface area contributed by atoms with E-state index in [0.29, 0.717) is 11.8 Å². The predicted octanol–water partition coefficient (Wildman–Crippen LogP) is 0.997. The molecule has 0 aromatic heterocycles. The second kappa shape index (κ2) is 6.97. The molecule has 0 radical (unpaired) electrons. The number of hydrogen-bond acceptors (Lipinski definition) is 4. The first-order valence-corrected chi connectivity index (χ1v) is 4.66. The number of phenols is 1. The van der Waals surface area contributed by atoms with Gasteiger partial charge in [0.1, 0.15) is 5.75 Å². The topological polar surface area (TPSA) is 101 Å². The van der Waals surface area contributed by atoms with E-state index in [2.05, 4.69) is 21.7 Å². The molecule has 1 aromatic carbocycles. The maximum absolute atomic E-state index is 10.2. The monoisotopic (exact) mass is 275 g/mol. The molecule has 0 atom stereocenters. The van der Waals surface area contributed by atoms with E-state index in [-0.39, 0.29) is 12.3 Å². The zero-order valence-corrected chi connectivity index (χ0v) is 9.27. The molecule has 4 N–H and O–H groups in total. The van der Waals surface area contributed by atoms with Crippen LogP contribution in [0.25, 0.3) is 0 Å². The van der Waals surface area contributed by atoms with E-state index in [1.165, 1.54) is 6.07 Å². The molecule has 0 spiro atoms. The van der Waals surface area contributed by atoms with Crippen LogP contribution in [0.15, 0.2) is 22.7 Å². The molecular formula is C9H10BrNO4. The Morgan fingerprint density at radius 2 is 2.07 bits per heavy atom. The van der Waals surface area contributed by atoms with Gasteiger partial charge in [-0.3, -0.25) is 9.59 Å². The number of rotatable bonds is 2. The van der Waals surface area contributed by atoms with Gasteiger partial charge in [0.25, 0.3) is 0 Å². The lowest BCUT2D eigenvalue weighted by Gasteiger charge is -1.95. The Balaban J connectivity index is 0.000000336. The molecule has 0 aliphatic carbocycles. The van der Waals surface area contributed by atoms with Gasteiger partial charge in [-0.15, -0.1) is 0 Å². The van der Waals surface area contributed by atoms with Crippen molar-refractivity contribution in [3.63, 3.8) is 0 Å². The van der Waals surface area contributed by atoms with Crippen molar-refractivity contribution in [2.45, 2.75) is 0 Å². The number of carboxylic acid groups (broad SMARTS) is 1. The fraction of sp³-hybridized carbons (Fsp3) is 0.111. The summed E-state index contributed by atoms with van der Waals surface area (Å²) in [5, 5.41) is 16.6. The fourth-order valence-corrected chi connectivity index (χ4v) is 0.999. The van der Waals surface area contributed by atoms with E-state index >= 15 is 0 Å². The summed E-state index contributed by atoms with van der Waals surface area (Å²) in [5.41, 5.74) is 4.87. The first kappa shape index (κ1) is 13.6. The van der Waals surface area contributed by atoms with Gasteiger partial charge in [-0.1, -0.05) is 15.9 Å². The number of benzene rings is 1. The third-order valence-electron chi connectivity index (χ3n) is 1.29. The van der Waals surface area contributed by atoms with E-state index < -0.39 is 5.97 Å². The standard InChI is InChI=1S/C7H5BrO2.C2H5NO2/c8-6-1-2-7(10)5(3-6)4-9;3-1-2(4)5/h1-4,10H;1,3H2,(H,4,5). The zero-order valence-electron chi connectivity index (χ0n) is 7.68. The van der Waals surface area contributed by atoms with Crippen molar-refractivity contribution in [3.05, 3.63) is 28.2 Å². The van der Waals surface area contributed by atoms with Crippen molar-refractivity contribution in [2.24, 2.45) is 5.73 Å². The Morgan fingerprint density at radius 1 is 1.53 bits per heavy atom. The molecule has 0 unspecified atom stereocenters. The van der Waals surface area contributed by atoms with Crippen molar-refractivity contribution in [1.82, 2.24) is 0 Å². The van der Waals surface area contributed by atoms with Gasteiger partial charge in [-0.25, -0.2) is 0 Å². The van der Waals surface area contributed by atoms with Gasteiger partial charge in [-0.05, 0) is 18.2 Å². The summed E-state index contributed by atoms with van der Waals surface area (Å²) in [4.78, 5) is 19.4. The molecule has 5 nitrogen and oxygen atoms in total. The lowest BCUT2D eigenvalue weighted by molar-refractivity contribution is -0.135. The molecule has 0 saturated heterocycles. The molecular weight excluding hydrogens is 266 g/mol. The summed E-state index contributed by atoms with van der Waals surface area (Å²) in [5.74, 6) is -0.955. The summed E-state index contributed by atoms with van der Waals surface area (Å²) in [6, 6.07) is 4.69. The number of nitrogens with two attached hydrogens (primary N) is 1. The van der Waals surface area contributed by atoms with Gasteiger partial charge in [0.05, 0.1) is 12.1 Å². The molecule has 1 rings (SSSR count). The second-order valence-electron chi connectivity index (χ2n) is 2.42. The average Bonchev–Trinajstić information content (AvgIpc) is 2.22. The SMILES string of the molecule is NCC(=O)O.O=Cc1cc(Br)ccc1O. The van der Waals surface area contributed by atoms with Crippen LogP contribution in [0.5, 0.6) is 5.75 Å². The fourth-order valence-electron chi connectivity index (χ4n) is 0.620. The van der Waals surface area contributed by atoms with Gasteiger partial charge < -0.3 is 15.9 Å². The predicted molar refractivity (Wildman–Crippen MR) is 57.9 cm³/mol. The van der Waals surface area contributed by atoms with Gasteiger partial charge in [-0.2, -0.15) is 0 Å². The van der Waals surface area contributed by atoms with Crippen LogP contribution in [-0.4, -0.2) is 29.0 Å². The molecule has 0 bridgehead atoms. The zero-order chi connectivity index (χ0) is 11.8. The van der Waals surface area contributed by atoms with E-state index in [9.17, 15) is 9.59 Å². The Kier molecular flexibility index (Phi) is 6.32. The third-order valence-corrected chi connectivity index (χ3v) is 1.78. The van der Waals surface area contributed by atoms with Crippen molar-refractivity contribution in [3.8, 4) is 5.75 Å². The number of aliphatic carboxylic acids is 1. The highest BCUT2D eigenvalue weighted by atomic mass is 79.9. The molecule has 0 saturated carbocycles. The molecule has 0 aliphatic heterocycles. The highest BCUT2D eigenvalue weighted by molar-refractivity contribution is 9.10. The number of aldehydes is 1. The summed E-state index contributed by atoms with van der Waals surface area (Å²) in [6.45, 7) is -0.278. The Hall–Kier alpha value is -1.40. The van der Waals surface area contributed by atoms with Crippen LogP contribution >= 0.6 is 15.9 Å². The maximum Gasteiger partial charge on any atom is 0.317 e. The van der Waals surface area contributed by atoms with Crippen LogP contribution in [0, 0.1) is 0 Å². The lowest BCUT2D eigenvalue weighted by atomic mass is 10.2. The summed E-state index contributed by atoms with van der Waals surface area (Å²) < 4.78 is 0.785. The quantitative estimate of drug-likeness (QED) is 0.699. The maximum atomic E-state index is 10.2. The Morgan fingerprint density at radius 3 is 2.40 bits per heavy atom. The van der Waals surface area contributed by atoms with E-state index in [0.717, 1.165) is 4.47 Å². The molecule has 0 fully saturated rings. The number of halogens is 1. The average molecular weight is 276 g/mol. The number of carboxylic acids is 1. The van der Waals surface area contributed by atoms with Crippen molar-refractivity contribution in [1.29, 1.82) is 0 Å². The van der Waals surface area contributed by atoms with Crippen LogP contribution in [0.1, 0.15) is 10.4 Å². The summed E-state index contributed by atoms with van der Waals surface area (Å²) >= 11 is 3.17. The molecule has 1 aromatic rings. The minimum absolute atomic E-state index is 0.0122. The molecule has 0 heterocycles. The number of phenolic OH excluding ortho intramolecular Hbond substituents is 1. The number of carbonyl (C=O) groups is 2. The third kappa shape index (κ3) is 5.82.